The second kappa shape index (κ2) is 5.44. The first-order valence-electron chi connectivity index (χ1n) is 5.91. The molecule has 3 N–H and O–H groups in total. The van der Waals surface area contributed by atoms with Crippen LogP contribution in [0, 0.1) is 6.92 Å². The van der Waals surface area contributed by atoms with Crippen molar-refractivity contribution >= 4 is 17.6 Å². The predicted molar refractivity (Wildman–Crippen MR) is 74.2 cm³/mol. The third-order valence-electron chi connectivity index (χ3n) is 2.85. The normalized spacial score (nSPS) is 10.1. The number of amides is 1. The van der Waals surface area contributed by atoms with E-state index < -0.39 is 5.97 Å². The Morgan fingerprint density at radius 3 is 2.15 bits per heavy atom. The quantitative estimate of drug-likeness (QED) is 0.801. The van der Waals surface area contributed by atoms with Crippen molar-refractivity contribution in [3.63, 3.8) is 0 Å². The number of hydrogen-bond donors (Lipinski definition) is 3. The monoisotopic (exact) mass is 271 g/mol. The average molecular weight is 271 g/mol. The highest BCUT2D eigenvalue weighted by atomic mass is 16.4. The fourth-order valence-electron chi connectivity index (χ4n) is 1.74. The van der Waals surface area contributed by atoms with Gasteiger partial charge in [-0.1, -0.05) is 0 Å². The topological polar surface area (TPSA) is 86.6 Å². The summed E-state index contributed by atoms with van der Waals surface area (Å²) >= 11 is 0. The first-order valence-corrected chi connectivity index (χ1v) is 5.91. The van der Waals surface area contributed by atoms with E-state index in [1.807, 2.05) is 0 Å². The minimum Gasteiger partial charge on any atom is -0.508 e. The zero-order chi connectivity index (χ0) is 14.7. The van der Waals surface area contributed by atoms with Gasteiger partial charge in [0.25, 0.3) is 5.91 Å². The van der Waals surface area contributed by atoms with E-state index >= 15 is 0 Å². The van der Waals surface area contributed by atoms with Crippen molar-refractivity contribution < 1.29 is 19.8 Å². The van der Waals surface area contributed by atoms with Crippen molar-refractivity contribution in [1.82, 2.24) is 0 Å². The molecule has 5 heteroatoms. The molecule has 0 unspecified atom stereocenters. The van der Waals surface area contributed by atoms with Crippen LogP contribution in [-0.2, 0) is 0 Å². The number of aryl methyl sites for hydroxylation is 1. The van der Waals surface area contributed by atoms with Gasteiger partial charge in [0.1, 0.15) is 5.75 Å². The Kier molecular flexibility index (Phi) is 3.70. The van der Waals surface area contributed by atoms with Gasteiger partial charge in [-0.3, -0.25) is 4.79 Å². The molecule has 0 spiro atoms. The molecule has 0 aliphatic carbocycles. The van der Waals surface area contributed by atoms with E-state index in [0.717, 1.165) is 0 Å². The summed E-state index contributed by atoms with van der Waals surface area (Å²) < 4.78 is 0. The van der Waals surface area contributed by atoms with Crippen LogP contribution in [0.2, 0.25) is 0 Å². The van der Waals surface area contributed by atoms with Gasteiger partial charge in [-0.2, -0.15) is 0 Å². The zero-order valence-electron chi connectivity index (χ0n) is 10.8. The molecule has 2 aromatic rings. The Morgan fingerprint density at radius 2 is 1.60 bits per heavy atom. The number of carbonyl (C=O) groups is 2. The molecule has 0 radical (unpaired) electrons. The fraction of sp³-hybridized carbons (Fsp3) is 0.0667. The lowest BCUT2D eigenvalue weighted by Crippen LogP contribution is -2.13. The van der Waals surface area contributed by atoms with E-state index in [0.29, 0.717) is 16.8 Å². The molecular formula is C15H13NO4. The maximum Gasteiger partial charge on any atom is 0.335 e. The lowest BCUT2D eigenvalue weighted by atomic mass is 10.1. The van der Waals surface area contributed by atoms with Crippen LogP contribution in [0.4, 0.5) is 5.69 Å². The number of carbonyl (C=O) groups excluding carboxylic acids is 1. The minimum atomic E-state index is -1.01. The van der Waals surface area contributed by atoms with Gasteiger partial charge < -0.3 is 15.5 Å². The maximum atomic E-state index is 12.0. The summed E-state index contributed by atoms with van der Waals surface area (Å²) in [5.74, 6) is -1.25. The van der Waals surface area contributed by atoms with Gasteiger partial charge in [-0.25, -0.2) is 4.79 Å². The number of aromatic hydroxyl groups is 1. The standard InChI is InChI=1S/C15H13NO4/c1-9-8-11(15(19)20)4-7-13(9)16-14(18)10-2-5-12(17)6-3-10/h2-8,17H,1H3,(H,16,18)(H,19,20). The number of carboxylic acids is 1. The van der Waals surface area contributed by atoms with Crippen LogP contribution in [0.3, 0.4) is 0 Å². The van der Waals surface area contributed by atoms with Crippen molar-refractivity contribution in [3.8, 4) is 5.75 Å². The Morgan fingerprint density at radius 1 is 1.00 bits per heavy atom. The van der Waals surface area contributed by atoms with Gasteiger partial charge in [-0.15, -0.1) is 0 Å². The summed E-state index contributed by atoms with van der Waals surface area (Å²) in [6.07, 6.45) is 0. The summed E-state index contributed by atoms with van der Waals surface area (Å²) in [7, 11) is 0. The molecule has 2 aromatic carbocycles. The number of phenolic OH excluding ortho intramolecular Hbond substituents is 1. The third kappa shape index (κ3) is 2.95. The lowest BCUT2D eigenvalue weighted by Gasteiger charge is -2.09. The highest BCUT2D eigenvalue weighted by Crippen LogP contribution is 2.18. The van der Waals surface area contributed by atoms with Crippen molar-refractivity contribution in [3.05, 3.63) is 59.2 Å². The second-order valence-corrected chi connectivity index (χ2v) is 4.34. The molecule has 0 atom stereocenters. The summed E-state index contributed by atoms with van der Waals surface area (Å²) in [5.41, 5.74) is 1.79. The van der Waals surface area contributed by atoms with Gasteiger partial charge in [0, 0.05) is 11.3 Å². The smallest absolute Gasteiger partial charge is 0.335 e. The van der Waals surface area contributed by atoms with Crippen LogP contribution < -0.4 is 5.32 Å². The van der Waals surface area contributed by atoms with Crippen LogP contribution in [0.5, 0.6) is 5.75 Å². The third-order valence-corrected chi connectivity index (χ3v) is 2.85. The molecule has 0 saturated heterocycles. The Hall–Kier alpha value is -2.82. The van der Waals surface area contributed by atoms with Crippen molar-refractivity contribution in [1.29, 1.82) is 0 Å². The van der Waals surface area contributed by atoms with Crippen molar-refractivity contribution in [2.45, 2.75) is 6.92 Å². The molecule has 20 heavy (non-hydrogen) atoms. The van der Waals surface area contributed by atoms with Crippen molar-refractivity contribution in [2.24, 2.45) is 0 Å². The molecule has 0 aliphatic heterocycles. The number of carboxylic acid groups (broad SMARTS) is 1. The zero-order valence-corrected chi connectivity index (χ0v) is 10.8. The minimum absolute atomic E-state index is 0.0866. The molecule has 1 amide bonds. The molecule has 0 aliphatic rings. The predicted octanol–water partition coefficient (Wildman–Crippen LogP) is 2.65. The van der Waals surface area contributed by atoms with Gasteiger partial charge in [0.15, 0.2) is 0 Å². The van der Waals surface area contributed by atoms with E-state index in [9.17, 15) is 9.59 Å². The molecule has 5 nitrogen and oxygen atoms in total. The fourth-order valence-corrected chi connectivity index (χ4v) is 1.74. The highest BCUT2D eigenvalue weighted by molar-refractivity contribution is 6.05. The van der Waals surface area contributed by atoms with Crippen LogP contribution >= 0.6 is 0 Å². The number of benzene rings is 2. The second-order valence-electron chi connectivity index (χ2n) is 4.34. The number of anilines is 1. The van der Waals surface area contributed by atoms with Crippen LogP contribution in [0.25, 0.3) is 0 Å². The maximum absolute atomic E-state index is 12.0. The molecule has 0 aromatic heterocycles. The number of nitrogens with one attached hydrogen (secondary N) is 1. The van der Waals surface area contributed by atoms with E-state index in [1.165, 1.54) is 36.4 Å². The molecule has 0 saturated carbocycles. The van der Waals surface area contributed by atoms with Crippen LogP contribution in [-0.4, -0.2) is 22.1 Å². The average Bonchev–Trinajstić information content (AvgIpc) is 2.41. The number of aromatic carboxylic acids is 1. The van der Waals surface area contributed by atoms with E-state index in [-0.39, 0.29) is 17.2 Å². The summed E-state index contributed by atoms with van der Waals surface area (Å²) in [4.78, 5) is 22.8. The van der Waals surface area contributed by atoms with Crippen LogP contribution in [0.15, 0.2) is 42.5 Å². The van der Waals surface area contributed by atoms with Gasteiger partial charge in [0.05, 0.1) is 5.56 Å². The Labute approximate surface area is 115 Å². The first kappa shape index (κ1) is 13.6. The number of rotatable bonds is 3. The number of hydrogen-bond acceptors (Lipinski definition) is 3. The van der Waals surface area contributed by atoms with Crippen molar-refractivity contribution in [2.75, 3.05) is 5.32 Å². The van der Waals surface area contributed by atoms with Gasteiger partial charge in [-0.05, 0) is 55.0 Å². The van der Waals surface area contributed by atoms with E-state index in [1.54, 1.807) is 13.0 Å². The summed E-state index contributed by atoms with van der Waals surface area (Å²) in [5, 5.41) is 20.7. The lowest BCUT2D eigenvalue weighted by molar-refractivity contribution is 0.0696. The van der Waals surface area contributed by atoms with Crippen LogP contribution in [0.1, 0.15) is 26.3 Å². The molecule has 2 rings (SSSR count). The largest absolute Gasteiger partial charge is 0.508 e. The highest BCUT2D eigenvalue weighted by Gasteiger charge is 2.10. The molecule has 0 bridgehead atoms. The molecule has 0 fully saturated rings. The Balaban J connectivity index is 2.19. The summed E-state index contributed by atoms with van der Waals surface area (Å²) in [6.45, 7) is 1.72. The van der Waals surface area contributed by atoms with E-state index in [4.69, 9.17) is 10.2 Å². The van der Waals surface area contributed by atoms with Gasteiger partial charge in [0.2, 0.25) is 0 Å². The molecule has 0 heterocycles. The van der Waals surface area contributed by atoms with Gasteiger partial charge >= 0.3 is 5.97 Å². The summed E-state index contributed by atoms with van der Waals surface area (Å²) in [6, 6.07) is 10.3. The Bertz CT molecular complexity index is 662. The van der Waals surface area contributed by atoms with E-state index in [2.05, 4.69) is 5.32 Å². The number of phenols is 1. The SMILES string of the molecule is Cc1cc(C(=O)O)ccc1NC(=O)c1ccc(O)cc1. The first-order chi connectivity index (χ1) is 9.47. The molecule has 102 valence electrons. The molecular weight excluding hydrogens is 258 g/mol.